The second kappa shape index (κ2) is 6.94. The second-order valence-corrected chi connectivity index (χ2v) is 6.97. The molecule has 1 N–H and O–H groups in total. The van der Waals surface area contributed by atoms with Crippen molar-refractivity contribution in [1.82, 2.24) is 14.9 Å². The van der Waals surface area contributed by atoms with Gasteiger partial charge in [0.1, 0.15) is 5.82 Å². The van der Waals surface area contributed by atoms with Crippen LogP contribution in [0, 0.1) is 0 Å². The maximum absolute atomic E-state index is 12.5. The number of benzene rings is 1. The van der Waals surface area contributed by atoms with Gasteiger partial charge in [-0.2, -0.15) is 0 Å². The van der Waals surface area contributed by atoms with Gasteiger partial charge in [0.15, 0.2) is 0 Å². The Bertz CT molecular complexity index is 832. The monoisotopic (exact) mass is 352 g/mol. The lowest BCUT2D eigenvalue weighted by Crippen LogP contribution is -2.27. The summed E-state index contributed by atoms with van der Waals surface area (Å²) < 4.78 is 2.19. The van der Waals surface area contributed by atoms with Gasteiger partial charge in [-0.15, -0.1) is 0 Å². The molecule has 2 aliphatic heterocycles. The average molecular weight is 352 g/mol. The summed E-state index contributed by atoms with van der Waals surface area (Å²) >= 11 is 0. The molecular weight excluding hydrogens is 328 g/mol. The minimum absolute atomic E-state index is 0.0981. The van der Waals surface area contributed by atoms with Crippen LogP contribution in [0.2, 0.25) is 0 Å². The first kappa shape index (κ1) is 16.8. The van der Waals surface area contributed by atoms with E-state index in [9.17, 15) is 9.59 Å². The van der Waals surface area contributed by atoms with Crippen LogP contribution in [0.5, 0.6) is 0 Å². The Kier molecular flexibility index (Phi) is 4.49. The molecular formula is C20H24N4O2. The van der Waals surface area contributed by atoms with Crippen molar-refractivity contribution in [2.24, 2.45) is 0 Å². The Morgan fingerprint density at radius 2 is 2.08 bits per heavy atom. The van der Waals surface area contributed by atoms with Gasteiger partial charge in [-0.25, -0.2) is 4.98 Å². The topological polar surface area (TPSA) is 67.2 Å². The smallest absolute Gasteiger partial charge is 0.251 e. The summed E-state index contributed by atoms with van der Waals surface area (Å²) in [7, 11) is 0. The zero-order valence-corrected chi connectivity index (χ0v) is 15.1. The summed E-state index contributed by atoms with van der Waals surface area (Å²) in [6, 6.07) is 5.60. The standard InChI is InChI=1S/C20H24N4O2/c1-2-19(25)24-10-8-14-11-15(6-7-17(14)24)20(26)21-12-16-13-23-9-4-3-5-18(23)22-16/h6-7,11,13H,2-5,8-10,12H2,1H3,(H,21,26). The normalized spacial score (nSPS) is 15.5. The van der Waals surface area contributed by atoms with E-state index < -0.39 is 0 Å². The number of fused-ring (bicyclic) bond motifs is 2. The van der Waals surface area contributed by atoms with Crippen LogP contribution >= 0.6 is 0 Å². The summed E-state index contributed by atoms with van der Waals surface area (Å²) in [6.07, 6.45) is 6.75. The number of aryl methyl sites for hydroxylation is 2. The number of anilines is 1. The van der Waals surface area contributed by atoms with Crippen molar-refractivity contribution >= 4 is 17.5 Å². The zero-order chi connectivity index (χ0) is 18.1. The fourth-order valence-electron chi connectivity index (χ4n) is 3.82. The number of aromatic nitrogens is 2. The molecule has 0 unspecified atom stereocenters. The number of imidazole rings is 1. The van der Waals surface area contributed by atoms with Crippen LogP contribution in [-0.2, 0) is 30.7 Å². The van der Waals surface area contributed by atoms with Gasteiger partial charge in [0.25, 0.3) is 5.91 Å². The molecule has 1 aromatic heterocycles. The first-order valence-electron chi connectivity index (χ1n) is 9.42. The molecule has 2 aliphatic rings. The lowest BCUT2D eigenvalue weighted by Gasteiger charge is -2.16. The van der Waals surface area contributed by atoms with Gasteiger partial charge in [-0.05, 0) is 43.0 Å². The Morgan fingerprint density at radius 1 is 1.19 bits per heavy atom. The van der Waals surface area contributed by atoms with E-state index in [1.807, 2.05) is 30.2 Å². The van der Waals surface area contributed by atoms with E-state index in [1.165, 1.54) is 12.8 Å². The molecule has 136 valence electrons. The number of carbonyl (C=O) groups is 2. The van der Waals surface area contributed by atoms with Crippen molar-refractivity contribution in [2.75, 3.05) is 11.4 Å². The third-order valence-corrected chi connectivity index (χ3v) is 5.23. The summed E-state index contributed by atoms with van der Waals surface area (Å²) in [4.78, 5) is 30.9. The molecule has 0 radical (unpaired) electrons. The molecule has 0 saturated carbocycles. The van der Waals surface area contributed by atoms with Crippen LogP contribution in [0.25, 0.3) is 0 Å². The van der Waals surface area contributed by atoms with Crippen molar-refractivity contribution < 1.29 is 9.59 Å². The van der Waals surface area contributed by atoms with E-state index in [-0.39, 0.29) is 11.8 Å². The lowest BCUT2D eigenvalue weighted by molar-refractivity contribution is -0.118. The molecule has 0 aliphatic carbocycles. The second-order valence-electron chi connectivity index (χ2n) is 6.97. The minimum Gasteiger partial charge on any atom is -0.346 e. The summed E-state index contributed by atoms with van der Waals surface area (Å²) in [5.41, 5.74) is 3.56. The highest BCUT2D eigenvalue weighted by molar-refractivity contribution is 5.98. The van der Waals surface area contributed by atoms with Crippen molar-refractivity contribution in [3.63, 3.8) is 0 Å². The van der Waals surface area contributed by atoms with Crippen molar-refractivity contribution in [2.45, 2.75) is 52.1 Å². The van der Waals surface area contributed by atoms with Crippen LogP contribution in [0.3, 0.4) is 0 Å². The van der Waals surface area contributed by atoms with E-state index in [4.69, 9.17) is 0 Å². The number of nitrogens with one attached hydrogen (secondary N) is 1. The number of hydrogen-bond acceptors (Lipinski definition) is 3. The minimum atomic E-state index is -0.0981. The number of nitrogens with zero attached hydrogens (tertiary/aromatic N) is 3. The third-order valence-electron chi connectivity index (χ3n) is 5.23. The van der Waals surface area contributed by atoms with Crippen LogP contribution < -0.4 is 10.2 Å². The van der Waals surface area contributed by atoms with Crippen LogP contribution in [0.1, 0.15) is 53.6 Å². The SMILES string of the molecule is CCC(=O)N1CCc2cc(C(=O)NCc3cn4c(n3)CCCC4)ccc21. The zero-order valence-electron chi connectivity index (χ0n) is 15.1. The van der Waals surface area contributed by atoms with Gasteiger partial charge in [0.05, 0.1) is 12.2 Å². The highest BCUT2D eigenvalue weighted by Gasteiger charge is 2.24. The van der Waals surface area contributed by atoms with Gasteiger partial charge in [-0.3, -0.25) is 9.59 Å². The van der Waals surface area contributed by atoms with Gasteiger partial charge >= 0.3 is 0 Å². The van der Waals surface area contributed by atoms with Crippen molar-refractivity contribution in [3.8, 4) is 0 Å². The Balaban J connectivity index is 1.42. The van der Waals surface area contributed by atoms with Gasteiger partial charge < -0.3 is 14.8 Å². The van der Waals surface area contributed by atoms with E-state index in [0.29, 0.717) is 25.1 Å². The van der Waals surface area contributed by atoms with Crippen molar-refractivity contribution in [1.29, 1.82) is 0 Å². The van der Waals surface area contributed by atoms with Gasteiger partial charge in [0.2, 0.25) is 5.91 Å². The van der Waals surface area contributed by atoms with E-state index in [1.54, 1.807) is 6.07 Å². The Hall–Kier alpha value is -2.63. The van der Waals surface area contributed by atoms with E-state index >= 15 is 0 Å². The number of rotatable bonds is 4. The summed E-state index contributed by atoms with van der Waals surface area (Å²) in [5.74, 6) is 1.16. The molecule has 26 heavy (non-hydrogen) atoms. The molecule has 0 saturated heterocycles. The molecule has 3 heterocycles. The number of hydrogen-bond donors (Lipinski definition) is 1. The Labute approximate surface area is 153 Å². The molecule has 2 aromatic rings. The molecule has 0 fully saturated rings. The summed E-state index contributed by atoms with van der Waals surface area (Å²) in [6.45, 7) is 4.04. The van der Waals surface area contributed by atoms with E-state index in [0.717, 1.165) is 42.2 Å². The first-order chi connectivity index (χ1) is 12.7. The number of amides is 2. The summed E-state index contributed by atoms with van der Waals surface area (Å²) in [5, 5.41) is 2.97. The fraction of sp³-hybridized carbons (Fsp3) is 0.450. The van der Waals surface area contributed by atoms with Crippen molar-refractivity contribution in [3.05, 3.63) is 47.0 Å². The molecule has 0 atom stereocenters. The predicted molar refractivity (Wildman–Crippen MR) is 99.1 cm³/mol. The quantitative estimate of drug-likeness (QED) is 0.919. The van der Waals surface area contributed by atoms with Gasteiger partial charge in [-0.1, -0.05) is 6.92 Å². The Morgan fingerprint density at radius 3 is 2.88 bits per heavy atom. The average Bonchev–Trinajstić information content (AvgIpc) is 3.28. The first-order valence-corrected chi connectivity index (χ1v) is 9.42. The highest BCUT2D eigenvalue weighted by Crippen LogP contribution is 2.29. The van der Waals surface area contributed by atoms with Crippen LogP contribution in [-0.4, -0.2) is 27.9 Å². The largest absolute Gasteiger partial charge is 0.346 e. The molecule has 0 spiro atoms. The maximum atomic E-state index is 12.5. The molecule has 2 amide bonds. The van der Waals surface area contributed by atoms with Gasteiger partial charge in [0, 0.05) is 43.4 Å². The molecule has 6 nitrogen and oxygen atoms in total. The van der Waals surface area contributed by atoms with Crippen LogP contribution in [0.15, 0.2) is 24.4 Å². The molecule has 6 heteroatoms. The molecule has 0 bridgehead atoms. The predicted octanol–water partition coefficient (Wildman–Crippen LogP) is 2.45. The molecule has 4 rings (SSSR count). The maximum Gasteiger partial charge on any atom is 0.251 e. The third kappa shape index (κ3) is 3.11. The highest BCUT2D eigenvalue weighted by atomic mass is 16.2. The lowest BCUT2D eigenvalue weighted by atomic mass is 10.1. The van der Waals surface area contributed by atoms with Crippen LogP contribution in [0.4, 0.5) is 5.69 Å². The number of carbonyl (C=O) groups excluding carboxylic acids is 2. The molecule has 1 aromatic carbocycles. The fourth-order valence-corrected chi connectivity index (χ4v) is 3.82. The van der Waals surface area contributed by atoms with E-state index in [2.05, 4.69) is 14.9 Å².